The van der Waals surface area contributed by atoms with Crippen LogP contribution in [0.15, 0.2) is 60.9 Å². The maximum atomic E-state index is 13.9. The van der Waals surface area contributed by atoms with Gasteiger partial charge < -0.3 is 0 Å². The molecule has 0 atom stereocenters. The van der Waals surface area contributed by atoms with E-state index in [1.54, 1.807) is 12.1 Å². The first-order valence-corrected chi connectivity index (χ1v) is 11.5. The van der Waals surface area contributed by atoms with E-state index in [2.05, 4.69) is 28.7 Å². The SMILES string of the molecule is CCCCCc1cnc(CCc2ccc(C#Cc3ccc4c(F)c(F)c(F)cc4c3)cc2)nc1. The first-order valence-electron chi connectivity index (χ1n) is 11.5. The number of hydrogen-bond acceptors (Lipinski definition) is 2. The van der Waals surface area contributed by atoms with Crippen LogP contribution in [0.3, 0.4) is 0 Å². The van der Waals surface area contributed by atoms with E-state index in [4.69, 9.17) is 0 Å². The molecule has 34 heavy (non-hydrogen) atoms. The van der Waals surface area contributed by atoms with Crippen molar-refractivity contribution in [2.75, 3.05) is 0 Å². The fourth-order valence-electron chi connectivity index (χ4n) is 3.76. The summed E-state index contributed by atoms with van der Waals surface area (Å²) in [6, 6.07) is 13.5. The Morgan fingerprint density at radius 3 is 2.15 bits per heavy atom. The van der Waals surface area contributed by atoms with Gasteiger partial charge >= 0.3 is 0 Å². The van der Waals surface area contributed by atoms with E-state index >= 15 is 0 Å². The highest BCUT2D eigenvalue weighted by atomic mass is 19.2. The maximum absolute atomic E-state index is 13.9. The van der Waals surface area contributed by atoms with Gasteiger partial charge in [-0.1, -0.05) is 49.8 Å². The number of nitrogens with zero attached hydrogens (tertiary/aromatic N) is 2. The average molecular weight is 459 g/mol. The molecule has 0 aliphatic rings. The zero-order valence-electron chi connectivity index (χ0n) is 19.0. The summed E-state index contributed by atoms with van der Waals surface area (Å²) in [5.74, 6) is 3.04. The van der Waals surface area contributed by atoms with Gasteiger partial charge in [0.15, 0.2) is 17.5 Å². The van der Waals surface area contributed by atoms with Crippen molar-refractivity contribution < 1.29 is 13.2 Å². The smallest absolute Gasteiger partial charge is 0.195 e. The predicted molar refractivity (Wildman–Crippen MR) is 129 cm³/mol. The largest absolute Gasteiger partial charge is 0.241 e. The molecule has 4 rings (SSSR count). The molecule has 0 saturated heterocycles. The molecule has 1 aromatic heterocycles. The molecule has 0 amide bonds. The number of aryl methyl sites for hydroxylation is 3. The van der Waals surface area contributed by atoms with Crippen molar-refractivity contribution in [1.29, 1.82) is 0 Å². The number of fused-ring (bicyclic) bond motifs is 1. The van der Waals surface area contributed by atoms with Crippen LogP contribution in [0.1, 0.15) is 54.3 Å². The van der Waals surface area contributed by atoms with Crippen molar-refractivity contribution in [3.63, 3.8) is 0 Å². The predicted octanol–water partition coefficient (Wildman–Crippen LogP) is 6.96. The summed E-state index contributed by atoms with van der Waals surface area (Å²) in [6.07, 6.45) is 10.1. The van der Waals surface area contributed by atoms with Gasteiger partial charge in [0.2, 0.25) is 0 Å². The number of halogens is 3. The van der Waals surface area contributed by atoms with E-state index < -0.39 is 17.5 Å². The van der Waals surface area contributed by atoms with Crippen LogP contribution >= 0.6 is 0 Å². The fourth-order valence-corrected chi connectivity index (χ4v) is 3.76. The molecule has 0 unspecified atom stereocenters. The Morgan fingerprint density at radius 1 is 0.706 bits per heavy atom. The summed E-state index contributed by atoms with van der Waals surface area (Å²) in [7, 11) is 0. The summed E-state index contributed by atoms with van der Waals surface area (Å²) < 4.78 is 40.8. The van der Waals surface area contributed by atoms with E-state index in [1.165, 1.54) is 36.5 Å². The van der Waals surface area contributed by atoms with Crippen molar-refractivity contribution in [1.82, 2.24) is 9.97 Å². The number of unbranched alkanes of at least 4 members (excludes halogenated alkanes) is 2. The highest BCUT2D eigenvalue weighted by Gasteiger charge is 2.13. The second-order valence-electron chi connectivity index (χ2n) is 8.33. The fraction of sp³-hybridized carbons (Fsp3) is 0.241. The lowest BCUT2D eigenvalue weighted by molar-refractivity contribution is 0.453. The molecule has 0 aliphatic heterocycles. The van der Waals surface area contributed by atoms with Crippen LogP contribution in [0, 0.1) is 29.3 Å². The van der Waals surface area contributed by atoms with E-state index in [0.717, 1.165) is 36.7 Å². The van der Waals surface area contributed by atoms with Gasteiger partial charge in [0.05, 0.1) is 0 Å². The molecule has 3 aromatic carbocycles. The third kappa shape index (κ3) is 5.82. The number of aromatic nitrogens is 2. The van der Waals surface area contributed by atoms with Gasteiger partial charge in [-0.25, -0.2) is 23.1 Å². The van der Waals surface area contributed by atoms with E-state index in [-0.39, 0.29) is 10.8 Å². The maximum Gasteiger partial charge on any atom is 0.195 e. The van der Waals surface area contributed by atoms with Crippen molar-refractivity contribution in [2.24, 2.45) is 0 Å². The molecule has 0 spiro atoms. The van der Waals surface area contributed by atoms with Crippen LogP contribution in [0.2, 0.25) is 0 Å². The second kappa shape index (κ2) is 11.0. The third-order valence-electron chi connectivity index (χ3n) is 5.74. The Morgan fingerprint density at radius 2 is 1.41 bits per heavy atom. The molecule has 0 N–H and O–H groups in total. The molecule has 0 bridgehead atoms. The van der Waals surface area contributed by atoms with E-state index in [0.29, 0.717) is 5.56 Å². The summed E-state index contributed by atoms with van der Waals surface area (Å²) in [4.78, 5) is 8.98. The molecule has 0 aliphatic carbocycles. The minimum absolute atomic E-state index is 0.0314. The van der Waals surface area contributed by atoms with Gasteiger partial charge in [-0.3, -0.25) is 0 Å². The molecule has 172 valence electrons. The molecular formula is C29H25F3N2. The number of benzene rings is 3. The van der Waals surface area contributed by atoms with Crippen molar-refractivity contribution in [3.05, 3.63) is 106 Å². The average Bonchev–Trinajstić information content (AvgIpc) is 2.86. The molecule has 0 radical (unpaired) electrons. The molecule has 4 aromatic rings. The Hall–Kier alpha value is -3.65. The zero-order valence-corrected chi connectivity index (χ0v) is 19.0. The van der Waals surface area contributed by atoms with Crippen LogP contribution in [-0.2, 0) is 19.3 Å². The quantitative estimate of drug-likeness (QED) is 0.170. The Bertz CT molecular complexity index is 1330. The van der Waals surface area contributed by atoms with Crippen LogP contribution in [0.5, 0.6) is 0 Å². The zero-order chi connectivity index (χ0) is 23.9. The second-order valence-corrected chi connectivity index (χ2v) is 8.33. The molecule has 1 heterocycles. The molecule has 0 saturated carbocycles. The van der Waals surface area contributed by atoms with Gasteiger partial charge in [-0.05, 0) is 66.1 Å². The van der Waals surface area contributed by atoms with Gasteiger partial charge in [-0.15, -0.1) is 0 Å². The lowest BCUT2D eigenvalue weighted by atomic mass is 10.0. The molecule has 0 fully saturated rings. The minimum atomic E-state index is -1.46. The lowest BCUT2D eigenvalue weighted by Gasteiger charge is -2.04. The monoisotopic (exact) mass is 458 g/mol. The van der Waals surface area contributed by atoms with Gasteiger partial charge in [0, 0.05) is 35.3 Å². The first kappa shape index (κ1) is 23.5. The van der Waals surface area contributed by atoms with Crippen molar-refractivity contribution >= 4 is 10.8 Å². The van der Waals surface area contributed by atoms with Crippen LogP contribution in [0.25, 0.3) is 10.8 Å². The van der Waals surface area contributed by atoms with E-state index in [1.807, 2.05) is 36.7 Å². The Kier molecular flexibility index (Phi) is 7.59. The lowest BCUT2D eigenvalue weighted by Crippen LogP contribution is -1.99. The molecular weight excluding hydrogens is 433 g/mol. The number of rotatable bonds is 7. The summed E-state index contributed by atoms with van der Waals surface area (Å²) in [5.41, 5.74) is 3.78. The van der Waals surface area contributed by atoms with Gasteiger partial charge in [0.25, 0.3) is 0 Å². The van der Waals surface area contributed by atoms with Crippen LogP contribution in [-0.4, -0.2) is 9.97 Å². The third-order valence-corrected chi connectivity index (χ3v) is 5.74. The Balaban J connectivity index is 1.37. The van der Waals surface area contributed by atoms with E-state index in [9.17, 15) is 13.2 Å². The summed E-state index contributed by atoms with van der Waals surface area (Å²) >= 11 is 0. The van der Waals surface area contributed by atoms with Crippen LogP contribution in [0.4, 0.5) is 13.2 Å². The van der Waals surface area contributed by atoms with Crippen LogP contribution < -0.4 is 0 Å². The highest BCUT2D eigenvalue weighted by molar-refractivity contribution is 5.84. The highest BCUT2D eigenvalue weighted by Crippen LogP contribution is 2.24. The standard InChI is InChI=1S/C29H25F3N2/c1-2-3-4-5-23-18-33-27(34-19-23)15-13-21-8-6-20(7-9-21)10-11-22-12-14-25-24(16-22)17-26(30)29(32)28(25)31/h6-9,12,14,16-19H,2-5,13,15H2,1H3. The number of hydrogen-bond donors (Lipinski definition) is 0. The first-order chi connectivity index (χ1) is 16.5. The Labute approximate surface area is 197 Å². The van der Waals surface area contributed by atoms with Gasteiger partial charge in [-0.2, -0.15) is 0 Å². The van der Waals surface area contributed by atoms with Gasteiger partial charge in [0.1, 0.15) is 5.82 Å². The van der Waals surface area contributed by atoms with Crippen molar-refractivity contribution in [3.8, 4) is 11.8 Å². The minimum Gasteiger partial charge on any atom is -0.241 e. The molecule has 5 heteroatoms. The van der Waals surface area contributed by atoms with Crippen molar-refractivity contribution in [2.45, 2.75) is 45.4 Å². The normalized spacial score (nSPS) is 10.8. The summed E-state index contributed by atoms with van der Waals surface area (Å²) in [5, 5.41) is 0.304. The summed E-state index contributed by atoms with van der Waals surface area (Å²) in [6.45, 7) is 2.19. The molecule has 2 nitrogen and oxygen atoms in total. The topological polar surface area (TPSA) is 25.8 Å².